The van der Waals surface area contributed by atoms with Crippen molar-refractivity contribution in [1.82, 2.24) is 4.90 Å². The zero-order valence-corrected chi connectivity index (χ0v) is 22.2. The second-order valence-corrected chi connectivity index (χ2v) is 9.99. The molecule has 7 nitrogen and oxygen atoms in total. The highest BCUT2D eigenvalue weighted by atomic mass is 79.9. The summed E-state index contributed by atoms with van der Waals surface area (Å²) in [7, 11) is 1.48. The minimum absolute atomic E-state index is 0.198. The van der Waals surface area contributed by atoms with Crippen LogP contribution in [-0.2, 0) is 16.1 Å². The van der Waals surface area contributed by atoms with Gasteiger partial charge in [0.1, 0.15) is 0 Å². The number of halogens is 2. The van der Waals surface area contributed by atoms with Crippen LogP contribution in [0.25, 0.3) is 6.08 Å². The third-order valence-corrected chi connectivity index (χ3v) is 6.79. The Morgan fingerprint density at radius 2 is 1.78 bits per heavy atom. The molecule has 1 heterocycles. The lowest BCUT2D eigenvalue weighted by atomic mass is 10.1. The fourth-order valence-electron chi connectivity index (χ4n) is 3.33. The molecule has 0 unspecified atom stereocenters. The Labute approximate surface area is 225 Å². The molecule has 1 N–H and O–H groups in total. The van der Waals surface area contributed by atoms with Crippen molar-refractivity contribution < 1.29 is 23.9 Å². The Morgan fingerprint density at radius 3 is 2.47 bits per heavy atom. The maximum atomic E-state index is 12.9. The van der Waals surface area contributed by atoms with Crippen LogP contribution in [0.1, 0.15) is 11.1 Å². The molecule has 4 rings (SSSR count). The number of carbonyl (C=O) groups excluding carboxylic acids is 3. The van der Waals surface area contributed by atoms with Crippen LogP contribution in [0.3, 0.4) is 0 Å². The minimum atomic E-state index is -0.355. The summed E-state index contributed by atoms with van der Waals surface area (Å²) in [6.07, 6.45) is 1.63. The number of methoxy groups -OCH3 is 1. The van der Waals surface area contributed by atoms with Crippen LogP contribution in [0.4, 0.5) is 10.5 Å². The Kier molecular flexibility index (Phi) is 8.35. The Hall–Kier alpha value is -3.27. The third kappa shape index (κ3) is 6.48. The normalized spacial score (nSPS) is 14.3. The summed E-state index contributed by atoms with van der Waals surface area (Å²) < 4.78 is 11.9. The number of rotatable bonds is 8. The van der Waals surface area contributed by atoms with Gasteiger partial charge < -0.3 is 14.8 Å². The van der Waals surface area contributed by atoms with Crippen LogP contribution in [-0.4, -0.2) is 35.7 Å². The Balaban J connectivity index is 1.41. The van der Waals surface area contributed by atoms with Gasteiger partial charge in [-0.2, -0.15) is 0 Å². The van der Waals surface area contributed by atoms with Gasteiger partial charge in [-0.05, 0) is 77.5 Å². The SMILES string of the molecule is COc1cc(/C=C2\SC(=O)N(Cc3ccc(Br)cc3)C2=O)ccc1OCC(=O)Nc1ccc(Cl)cc1. The predicted octanol–water partition coefficient (Wildman–Crippen LogP) is 6.37. The lowest BCUT2D eigenvalue weighted by Crippen LogP contribution is -2.27. The van der Waals surface area contributed by atoms with Crippen LogP contribution in [0.2, 0.25) is 5.02 Å². The zero-order chi connectivity index (χ0) is 25.7. The van der Waals surface area contributed by atoms with Crippen molar-refractivity contribution >= 4 is 68.1 Å². The summed E-state index contributed by atoms with van der Waals surface area (Å²) >= 11 is 10.1. The van der Waals surface area contributed by atoms with E-state index in [1.807, 2.05) is 24.3 Å². The Morgan fingerprint density at radius 1 is 1.06 bits per heavy atom. The van der Waals surface area contributed by atoms with Gasteiger partial charge in [0.15, 0.2) is 18.1 Å². The molecule has 0 radical (unpaired) electrons. The van der Waals surface area contributed by atoms with E-state index in [0.717, 1.165) is 21.8 Å². The predicted molar refractivity (Wildman–Crippen MR) is 144 cm³/mol. The average Bonchev–Trinajstić information content (AvgIpc) is 3.13. The molecule has 36 heavy (non-hydrogen) atoms. The van der Waals surface area contributed by atoms with Gasteiger partial charge in [-0.25, -0.2) is 0 Å². The molecule has 0 bridgehead atoms. The maximum Gasteiger partial charge on any atom is 0.293 e. The van der Waals surface area contributed by atoms with Gasteiger partial charge in [0.25, 0.3) is 17.1 Å². The van der Waals surface area contributed by atoms with Gasteiger partial charge in [0, 0.05) is 15.2 Å². The number of benzene rings is 3. The number of anilines is 1. The van der Waals surface area contributed by atoms with E-state index in [1.54, 1.807) is 48.5 Å². The van der Waals surface area contributed by atoms with Crippen molar-refractivity contribution in [3.8, 4) is 11.5 Å². The van der Waals surface area contributed by atoms with E-state index in [2.05, 4.69) is 21.2 Å². The van der Waals surface area contributed by atoms with E-state index in [4.69, 9.17) is 21.1 Å². The van der Waals surface area contributed by atoms with E-state index in [9.17, 15) is 14.4 Å². The molecule has 1 saturated heterocycles. The number of amides is 3. The quantitative estimate of drug-likeness (QED) is 0.309. The van der Waals surface area contributed by atoms with Crippen molar-refractivity contribution in [2.75, 3.05) is 19.0 Å². The second-order valence-electron chi connectivity index (χ2n) is 7.65. The van der Waals surface area contributed by atoms with E-state index < -0.39 is 0 Å². The van der Waals surface area contributed by atoms with Crippen LogP contribution >= 0.6 is 39.3 Å². The van der Waals surface area contributed by atoms with Gasteiger partial charge in [0.05, 0.1) is 18.6 Å². The molecular formula is C26H20BrClN2O5S. The Bertz CT molecular complexity index is 1330. The molecule has 10 heteroatoms. The minimum Gasteiger partial charge on any atom is -0.493 e. The first-order valence-corrected chi connectivity index (χ1v) is 12.7. The second kappa shape index (κ2) is 11.6. The molecule has 0 aliphatic carbocycles. The number of nitrogens with zero attached hydrogens (tertiary/aromatic N) is 1. The summed E-state index contributed by atoms with van der Waals surface area (Å²) in [6, 6.07) is 19.2. The van der Waals surface area contributed by atoms with Gasteiger partial charge in [-0.3, -0.25) is 19.3 Å². The molecule has 184 valence electrons. The van der Waals surface area contributed by atoms with Crippen molar-refractivity contribution in [1.29, 1.82) is 0 Å². The lowest BCUT2D eigenvalue weighted by Gasteiger charge is -2.12. The van der Waals surface area contributed by atoms with Gasteiger partial charge in [0.2, 0.25) is 0 Å². The van der Waals surface area contributed by atoms with Crippen molar-refractivity contribution in [3.05, 3.63) is 92.3 Å². The summed E-state index contributed by atoms with van der Waals surface area (Å²) in [5, 5.41) is 2.96. The summed E-state index contributed by atoms with van der Waals surface area (Å²) in [6.45, 7) is -0.0310. The number of nitrogens with one attached hydrogen (secondary N) is 1. The van der Waals surface area contributed by atoms with Crippen molar-refractivity contribution in [2.24, 2.45) is 0 Å². The van der Waals surface area contributed by atoms with Crippen LogP contribution in [0.5, 0.6) is 11.5 Å². The zero-order valence-electron chi connectivity index (χ0n) is 19.0. The van der Waals surface area contributed by atoms with Crippen LogP contribution in [0.15, 0.2) is 76.1 Å². The highest BCUT2D eigenvalue weighted by Gasteiger charge is 2.35. The fourth-order valence-corrected chi connectivity index (χ4v) is 4.56. The van der Waals surface area contributed by atoms with Crippen LogP contribution in [0, 0.1) is 0 Å². The molecule has 1 fully saturated rings. The number of ether oxygens (including phenoxy) is 2. The van der Waals surface area contributed by atoms with Gasteiger partial charge in [-0.1, -0.05) is 45.7 Å². The highest BCUT2D eigenvalue weighted by molar-refractivity contribution is 9.10. The topological polar surface area (TPSA) is 84.9 Å². The first-order chi connectivity index (χ1) is 17.3. The van der Waals surface area contributed by atoms with Crippen LogP contribution < -0.4 is 14.8 Å². The molecule has 1 aliphatic heterocycles. The standard InChI is InChI=1S/C26H20BrClN2O5S/c1-34-22-12-17(4-11-21(22)35-15-24(31)29-20-9-7-19(28)8-10-20)13-23-25(32)30(26(33)36-23)14-16-2-5-18(27)6-3-16/h2-13H,14-15H2,1H3,(H,29,31)/b23-13-. The molecule has 0 aromatic heterocycles. The van der Waals surface area contributed by atoms with Crippen molar-refractivity contribution in [3.63, 3.8) is 0 Å². The number of thioether (sulfide) groups is 1. The smallest absolute Gasteiger partial charge is 0.293 e. The lowest BCUT2D eigenvalue weighted by molar-refractivity contribution is -0.123. The first-order valence-electron chi connectivity index (χ1n) is 10.7. The number of carbonyl (C=O) groups is 3. The molecule has 1 aliphatic rings. The number of hydrogen-bond acceptors (Lipinski definition) is 6. The first kappa shape index (κ1) is 25.8. The van der Waals surface area contributed by atoms with Gasteiger partial charge in [-0.15, -0.1) is 0 Å². The largest absolute Gasteiger partial charge is 0.493 e. The average molecular weight is 588 g/mol. The van der Waals surface area contributed by atoms with E-state index >= 15 is 0 Å². The molecule has 0 spiro atoms. The number of hydrogen-bond donors (Lipinski definition) is 1. The van der Waals surface area contributed by atoms with E-state index in [0.29, 0.717) is 32.7 Å². The monoisotopic (exact) mass is 586 g/mol. The molecular weight excluding hydrogens is 568 g/mol. The molecule has 3 aromatic rings. The number of imide groups is 1. The van der Waals surface area contributed by atoms with Crippen molar-refractivity contribution in [2.45, 2.75) is 6.54 Å². The third-order valence-electron chi connectivity index (χ3n) is 5.10. The fraction of sp³-hybridized carbons (Fsp3) is 0.115. The molecule has 0 atom stereocenters. The van der Waals surface area contributed by atoms with E-state index in [-0.39, 0.29) is 30.2 Å². The summed E-state index contributed by atoms with van der Waals surface area (Å²) in [5.41, 5.74) is 2.10. The summed E-state index contributed by atoms with van der Waals surface area (Å²) in [5.74, 6) is 0.0513. The molecule has 0 saturated carbocycles. The van der Waals surface area contributed by atoms with Gasteiger partial charge >= 0.3 is 0 Å². The summed E-state index contributed by atoms with van der Waals surface area (Å²) in [4.78, 5) is 39.1. The highest BCUT2D eigenvalue weighted by Crippen LogP contribution is 2.35. The maximum absolute atomic E-state index is 12.9. The van der Waals surface area contributed by atoms with E-state index in [1.165, 1.54) is 12.0 Å². The molecule has 3 aromatic carbocycles. The molecule has 3 amide bonds.